The lowest BCUT2D eigenvalue weighted by molar-refractivity contribution is -0.389. The zero-order valence-electron chi connectivity index (χ0n) is 15.5. The van der Waals surface area contributed by atoms with Gasteiger partial charge in [0.1, 0.15) is 6.20 Å². The second kappa shape index (κ2) is 7.78. The van der Waals surface area contributed by atoms with Crippen molar-refractivity contribution >= 4 is 17.6 Å². The van der Waals surface area contributed by atoms with Crippen LogP contribution in [0.3, 0.4) is 0 Å². The normalized spacial score (nSPS) is 15.4. The van der Waals surface area contributed by atoms with Gasteiger partial charge in [-0.3, -0.25) is 9.59 Å². The van der Waals surface area contributed by atoms with E-state index in [0.717, 1.165) is 0 Å². The van der Waals surface area contributed by atoms with Crippen LogP contribution in [0.15, 0.2) is 30.7 Å². The molecule has 11 nitrogen and oxygen atoms in total. The van der Waals surface area contributed by atoms with Crippen LogP contribution in [0.5, 0.6) is 11.5 Å². The molecule has 4 rings (SSSR count). The molecule has 0 spiro atoms. The molecule has 1 aromatic heterocycles. The van der Waals surface area contributed by atoms with Crippen LogP contribution in [0.25, 0.3) is 0 Å². The molecule has 2 aliphatic heterocycles. The summed E-state index contributed by atoms with van der Waals surface area (Å²) in [5.74, 6) is 0.773. The highest BCUT2D eigenvalue weighted by atomic mass is 16.7. The number of carbonyl (C=O) groups is 2. The summed E-state index contributed by atoms with van der Waals surface area (Å²) < 4.78 is 12.1. The molecule has 0 bridgehead atoms. The summed E-state index contributed by atoms with van der Waals surface area (Å²) in [6.07, 6.45) is 2.85. The predicted molar refractivity (Wildman–Crippen MR) is 98.5 cm³/mol. The molecule has 1 aromatic carbocycles. The Bertz CT molecular complexity index is 950. The van der Waals surface area contributed by atoms with Crippen LogP contribution in [0, 0.1) is 10.1 Å². The van der Waals surface area contributed by atoms with E-state index in [9.17, 15) is 19.7 Å². The summed E-state index contributed by atoms with van der Waals surface area (Å²) in [6, 6.07) is 5.10. The van der Waals surface area contributed by atoms with Gasteiger partial charge < -0.3 is 34.0 Å². The van der Waals surface area contributed by atoms with Crippen molar-refractivity contribution in [2.45, 2.75) is 13.0 Å². The van der Waals surface area contributed by atoms with E-state index in [0.29, 0.717) is 49.8 Å². The minimum absolute atomic E-state index is 0.0588. The average Bonchev–Trinajstić information content (AvgIpc) is 3.40. The maximum Gasteiger partial charge on any atom is 0.381 e. The first kappa shape index (κ1) is 18.7. The number of hydrogen-bond acceptors (Lipinski definition) is 7. The van der Waals surface area contributed by atoms with Crippen molar-refractivity contribution in [1.82, 2.24) is 19.4 Å². The van der Waals surface area contributed by atoms with E-state index < -0.39 is 4.92 Å². The third-order valence-electron chi connectivity index (χ3n) is 4.93. The monoisotopic (exact) mass is 401 g/mol. The van der Waals surface area contributed by atoms with Gasteiger partial charge in [0.2, 0.25) is 19.0 Å². The number of rotatable bonds is 5. The Kier molecular flexibility index (Phi) is 5.02. The van der Waals surface area contributed by atoms with E-state index in [-0.39, 0.29) is 30.8 Å². The fourth-order valence-electron chi connectivity index (χ4n) is 3.32. The maximum atomic E-state index is 12.7. The van der Waals surface area contributed by atoms with Crippen LogP contribution in [-0.2, 0) is 11.3 Å². The van der Waals surface area contributed by atoms with Crippen molar-refractivity contribution in [2.75, 3.05) is 33.0 Å². The van der Waals surface area contributed by atoms with Gasteiger partial charge in [0, 0.05) is 44.7 Å². The molecule has 2 amide bonds. The van der Waals surface area contributed by atoms with E-state index in [1.807, 2.05) is 0 Å². The summed E-state index contributed by atoms with van der Waals surface area (Å²) in [5.41, 5.74) is 0.524. The van der Waals surface area contributed by atoms with Crippen molar-refractivity contribution < 1.29 is 24.0 Å². The number of hydrogen-bond donors (Lipinski definition) is 0. The first-order valence-electron chi connectivity index (χ1n) is 9.14. The fourth-order valence-corrected chi connectivity index (χ4v) is 3.32. The molecule has 2 aliphatic rings. The van der Waals surface area contributed by atoms with Gasteiger partial charge >= 0.3 is 5.82 Å². The zero-order chi connectivity index (χ0) is 20.4. The van der Waals surface area contributed by atoms with Gasteiger partial charge in [0.15, 0.2) is 11.5 Å². The minimum atomic E-state index is -0.575. The Balaban J connectivity index is 1.27. The third kappa shape index (κ3) is 3.98. The average molecular weight is 401 g/mol. The minimum Gasteiger partial charge on any atom is -0.454 e. The molecule has 11 heteroatoms. The number of aryl methyl sites for hydroxylation is 1. The Morgan fingerprint density at radius 2 is 1.83 bits per heavy atom. The summed E-state index contributed by atoms with van der Waals surface area (Å²) >= 11 is 0. The summed E-state index contributed by atoms with van der Waals surface area (Å²) in [4.78, 5) is 42.3. The van der Waals surface area contributed by atoms with Crippen LogP contribution < -0.4 is 9.47 Å². The van der Waals surface area contributed by atoms with E-state index in [1.54, 1.807) is 28.0 Å². The van der Waals surface area contributed by atoms with Crippen LogP contribution in [0.1, 0.15) is 16.8 Å². The number of ether oxygens (including phenoxy) is 2. The number of piperazine rings is 1. The van der Waals surface area contributed by atoms with E-state index in [2.05, 4.69) is 4.98 Å². The molecule has 0 aliphatic carbocycles. The smallest absolute Gasteiger partial charge is 0.381 e. The molecule has 0 N–H and O–H groups in total. The van der Waals surface area contributed by atoms with Crippen molar-refractivity contribution in [3.05, 3.63) is 46.4 Å². The molecular weight excluding hydrogens is 382 g/mol. The molecule has 3 heterocycles. The van der Waals surface area contributed by atoms with Gasteiger partial charge in [-0.1, -0.05) is 0 Å². The lowest BCUT2D eigenvalue weighted by Gasteiger charge is -2.35. The van der Waals surface area contributed by atoms with Gasteiger partial charge in [-0.15, -0.1) is 0 Å². The van der Waals surface area contributed by atoms with E-state index >= 15 is 0 Å². The van der Waals surface area contributed by atoms with Gasteiger partial charge in [-0.2, -0.15) is 0 Å². The number of carbonyl (C=O) groups excluding carboxylic acids is 2. The van der Waals surface area contributed by atoms with Crippen LogP contribution in [0.4, 0.5) is 5.82 Å². The van der Waals surface area contributed by atoms with Gasteiger partial charge in [-0.25, -0.2) is 0 Å². The summed E-state index contributed by atoms with van der Waals surface area (Å²) in [5, 5.41) is 10.7. The highest BCUT2D eigenvalue weighted by molar-refractivity contribution is 5.95. The van der Waals surface area contributed by atoms with Crippen molar-refractivity contribution in [2.24, 2.45) is 0 Å². The lowest BCUT2D eigenvalue weighted by atomic mass is 10.1. The fraction of sp³-hybridized carbons (Fsp3) is 0.389. The van der Waals surface area contributed by atoms with Crippen LogP contribution >= 0.6 is 0 Å². The number of nitrogens with zero attached hydrogens (tertiary/aromatic N) is 5. The number of fused-ring (bicyclic) bond motifs is 1. The number of amides is 2. The molecule has 0 atom stereocenters. The van der Waals surface area contributed by atoms with Crippen LogP contribution in [0.2, 0.25) is 0 Å². The molecular formula is C18H19N5O6. The molecule has 1 fully saturated rings. The quantitative estimate of drug-likeness (QED) is 0.539. The maximum absolute atomic E-state index is 12.7. The first-order chi connectivity index (χ1) is 14.0. The van der Waals surface area contributed by atoms with Crippen LogP contribution in [-0.4, -0.2) is 69.1 Å². The summed E-state index contributed by atoms with van der Waals surface area (Å²) in [6.45, 7) is 2.24. The van der Waals surface area contributed by atoms with E-state index in [1.165, 1.54) is 17.1 Å². The second-order valence-electron chi connectivity index (χ2n) is 6.72. The van der Waals surface area contributed by atoms with Gasteiger partial charge in [0.05, 0.1) is 0 Å². The second-order valence-corrected chi connectivity index (χ2v) is 6.72. The highest BCUT2D eigenvalue weighted by Gasteiger charge is 2.26. The van der Waals surface area contributed by atoms with E-state index in [4.69, 9.17) is 9.47 Å². The highest BCUT2D eigenvalue weighted by Crippen LogP contribution is 2.32. The molecule has 2 aromatic rings. The largest absolute Gasteiger partial charge is 0.454 e. The first-order valence-corrected chi connectivity index (χ1v) is 9.14. The van der Waals surface area contributed by atoms with Gasteiger partial charge in [-0.05, 0) is 28.1 Å². The van der Waals surface area contributed by atoms with Crippen molar-refractivity contribution in [1.29, 1.82) is 0 Å². The zero-order valence-corrected chi connectivity index (χ0v) is 15.5. The Hall–Kier alpha value is -3.63. The molecule has 152 valence electrons. The number of nitro groups is 1. The third-order valence-corrected chi connectivity index (χ3v) is 4.93. The molecule has 0 saturated carbocycles. The Labute approximate surface area is 165 Å². The number of aromatic nitrogens is 2. The van der Waals surface area contributed by atoms with Crippen molar-refractivity contribution in [3.8, 4) is 11.5 Å². The Morgan fingerprint density at radius 3 is 2.55 bits per heavy atom. The SMILES string of the molecule is O=C(CCn1cnc([N+](=O)[O-])c1)N1CCN(C(=O)c2ccc3c(c2)OCO3)CC1. The topological polar surface area (TPSA) is 120 Å². The molecule has 0 radical (unpaired) electrons. The lowest BCUT2D eigenvalue weighted by Crippen LogP contribution is -2.50. The predicted octanol–water partition coefficient (Wildman–Crippen LogP) is 0.895. The standard InChI is InChI=1S/C18H19N5O6/c24-17(3-4-20-10-16(19-11-20)23(26)27)21-5-7-22(8-6-21)18(25)13-1-2-14-15(9-13)29-12-28-14/h1-2,9-11H,3-8,12H2. The van der Waals surface area contributed by atoms with Crippen molar-refractivity contribution in [3.63, 3.8) is 0 Å². The molecule has 1 saturated heterocycles. The van der Waals surface area contributed by atoms with Gasteiger partial charge in [0.25, 0.3) is 5.91 Å². The summed E-state index contributed by atoms with van der Waals surface area (Å²) in [7, 11) is 0. The number of benzene rings is 1. The number of imidazole rings is 1. The Morgan fingerprint density at radius 1 is 1.10 bits per heavy atom. The molecule has 29 heavy (non-hydrogen) atoms. The molecule has 0 unspecified atom stereocenters.